The van der Waals surface area contributed by atoms with E-state index in [-0.39, 0.29) is 46.9 Å². The van der Waals surface area contributed by atoms with Crippen molar-refractivity contribution in [3.05, 3.63) is 64.2 Å². The number of amides is 1. The molecule has 0 saturated carbocycles. The van der Waals surface area contributed by atoms with E-state index in [2.05, 4.69) is 25.5 Å². The third kappa shape index (κ3) is 7.43. The van der Waals surface area contributed by atoms with Crippen LogP contribution in [-0.2, 0) is 0 Å². The number of carboxylic acids is 1. The van der Waals surface area contributed by atoms with Crippen molar-refractivity contribution in [2.75, 3.05) is 11.1 Å². The second-order valence-electron chi connectivity index (χ2n) is 5.25. The normalized spacial score (nSPS) is 9.33. The van der Waals surface area contributed by atoms with Gasteiger partial charge in [-0.3, -0.25) is 14.9 Å². The van der Waals surface area contributed by atoms with Crippen LogP contribution in [-0.4, -0.2) is 37.1 Å². The summed E-state index contributed by atoms with van der Waals surface area (Å²) >= 11 is 5.63. The first-order valence-electron chi connectivity index (χ1n) is 7.46. The van der Waals surface area contributed by atoms with Crippen molar-refractivity contribution in [3.8, 4) is 0 Å². The third-order valence-electron chi connectivity index (χ3n) is 3.11. The predicted octanol–water partition coefficient (Wildman–Crippen LogP) is 3.50. The molecule has 0 aliphatic carbocycles. The molecule has 14 heteroatoms. The lowest BCUT2D eigenvalue weighted by atomic mass is 10.2. The monoisotopic (exact) mass is 482 g/mol. The third-order valence-corrected chi connectivity index (χ3v) is 3.42. The van der Waals surface area contributed by atoms with E-state index < -0.39 is 23.5 Å². The summed E-state index contributed by atoms with van der Waals surface area (Å²) in [5.41, 5.74) is 5.60. The molecule has 2 heterocycles. The Bertz CT molecular complexity index is 997. The molecule has 2 aromatic heterocycles. The summed E-state index contributed by atoms with van der Waals surface area (Å²) in [7, 11) is 0. The number of aromatic nitrogens is 4. The first-order valence-corrected chi connectivity index (χ1v) is 7.84. The van der Waals surface area contributed by atoms with Gasteiger partial charge in [0.15, 0.2) is 17.5 Å². The number of carbonyl (C=O) groups excluding carboxylic acids is 1. The maximum atomic E-state index is 13.1. The van der Waals surface area contributed by atoms with Crippen LogP contribution in [0.25, 0.3) is 0 Å². The van der Waals surface area contributed by atoms with Crippen LogP contribution in [0.3, 0.4) is 0 Å². The maximum absolute atomic E-state index is 13.1. The Labute approximate surface area is 185 Å². The Kier molecular flexibility index (Phi) is 10.7. The van der Waals surface area contributed by atoms with Gasteiger partial charge in [0.2, 0.25) is 0 Å². The fourth-order valence-electron chi connectivity index (χ4n) is 1.78. The van der Waals surface area contributed by atoms with Crippen LogP contribution in [0.4, 0.5) is 20.4 Å². The van der Waals surface area contributed by atoms with E-state index >= 15 is 0 Å². The molecule has 0 aliphatic rings. The molecular formula is C16H15Cl3F2N6O3. The summed E-state index contributed by atoms with van der Waals surface area (Å²) in [6, 6.07) is 2.37. The zero-order valence-corrected chi connectivity index (χ0v) is 17.4. The van der Waals surface area contributed by atoms with Crippen molar-refractivity contribution in [1.29, 1.82) is 0 Å². The van der Waals surface area contributed by atoms with E-state index in [9.17, 15) is 18.4 Å². The summed E-state index contributed by atoms with van der Waals surface area (Å²) in [5.74, 6) is -4.14. The molecule has 0 unspecified atom stereocenters. The van der Waals surface area contributed by atoms with Crippen LogP contribution in [0.2, 0.25) is 5.02 Å². The van der Waals surface area contributed by atoms with Gasteiger partial charge in [-0.1, -0.05) is 11.6 Å². The Balaban J connectivity index is 0.000000714. The minimum absolute atomic E-state index is 0. The molecule has 162 valence electrons. The van der Waals surface area contributed by atoms with Crippen LogP contribution in [0.5, 0.6) is 0 Å². The van der Waals surface area contributed by atoms with Crippen molar-refractivity contribution in [3.63, 3.8) is 0 Å². The number of aromatic carboxylic acids is 1. The Morgan fingerprint density at radius 1 is 1.13 bits per heavy atom. The molecule has 5 N–H and O–H groups in total. The number of hydrogen-bond donors (Lipinski definition) is 4. The number of halogens is 5. The van der Waals surface area contributed by atoms with Crippen LogP contribution in [0.15, 0.2) is 30.6 Å². The molecule has 3 rings (SSSR count). The van der Waals surface area contributed by atoms with Gasteiger partial charge in [0.25, 0.3) is 5.91 Å². The Morgan fingerprint density at radius 3 is 2.27 bits per heavy atom. The lowest BCUT2D eigenvalue weighted by Gasteiger charge is -2.04. The van der Waals surface area contributed by atoms with Gasteiger partial charge >= 0.3 is 5.97 Å². The van der Waals surface area contributed by atoms with Gasteiger partial charge in [0.1, 0.15) is 11.5 Å². The van der Waals surface area contributed by atoms with Gasteiger partial charge in [-0.05, 0) is 19.1 Å². The van der Waals surface area contributed by atoms with Crippen LogP contribution in [0.1, 0.15) is 26.5 Å². The average molecular weight is 484 g/mol. The smallest absolute Gasteiger partial charge is 0.353 e. The molecule has 9 nitrogen and oxygen atoms in total. The highest BCUT2D eigenvalue weighted by Gasteiger charge is 2.17. The largest absolute Gasteiger partial charge is 0.477 e. The molecule has 0 fully saturated rings. The number of rotatable bonds is 3. The number of nitrogen functional groups attached to an aromatic ring is 1. The number of nitrogens with zero attached hydrogens (tertiary/aromatic N) is 3. The highest BCUT2D eigenvalue weighted by molar-refractivity contribution is 6.34. The second-order valence-corrected chi connectivity index (χ2v) is 5.66. The molecule has 0 saturated heterocycles. The first kappa shape index (κ1) is 27.0. The molecular weight excluding hydrogens is 469 g/mol. The van der Waals surface area contributed by atoms with Crippen molar-refractivity contribution >= 4 is 59.9 Å². The summed E-state index contributed by atoms with van der Waals surface area (Å²) < 4.78 is 25.9. The zero-order chi connectivity index (χ0) is 20.8. The van der Waals surface area contributed by atoms with Crippen molar-refractivity contribution < 1.29 is 23.5 Å². The topological polar surface area (TPSA) is 147 Å². The Hall–Kier alpha value is -3.02. The average Bonchev–Trinajstić information content (AvgIpc) is 3.10. The van der Waals surface area contributed by atoms with E-state index in [1.54, 1.807) is 6.20 Å². The Morgan fingerprint density at radius 2 is 1.77 bits per heavy atom. The second kappa shape index (κ2) is 11.9. The zero-order valence-electron chi connectivity index (χ0n) is 15.0. The first-order chi connectivity index (χ1) is 13.2. The maximum Gasteiger partial charge on any atom is 0.353 e. The summed E-state index contributed by atoms with van der Waals surface area (Å²) in [6.45, 7) is 1.87. The predicted molar refractivity (Wildman–Crippen MR) is 111 cm³/mol. The highest BCUT2D eigenvalue weighted by atomic mass is 35.5. The van der Waals surface area contributed by atoms with Crippen LogP contribution >= 0.6 is 36.4 Å². The van der Waals surface area contributed by atoms with E-state index in [4.69, 9.17) is 22.4 Å². The number of benzene rings is 1. The SMILES string of the molecule is Cc1cnc(N)cn1.Cl.Cl.O=C(O)c1cc(NC(=O)c2cc(F)c(F)cc2Cl)n[nH]1. The molecule has 0 atom stereocenters. The number of aryl methyl sites for hydroxylation is 1. The molecule has 0 aliphatic heterocycles. The van der Waals surface area contributed by atoms with Gasteiger partial charge in [0.05, 0.1) is 28.7 Å². The molecule has 30 heavy (non-hydrogen) atoms. The van der Waals surface area contributed by atoms with Crippen molar-refractivity contribution in [1.82, 2.24) is 20.2 Å². The number of aromatic amines is 1. The quantitative estimate of drug-likeness (QED) is 0.417. The summed E-state index contributed by atoms with van der Waals surface area (Å²) in [5, 5.41) is 16.3. The number of hydrogen-bond acceptors (Lipinski definition) is 6. The molecule has 1 amide bonds. The molecule has 3 aromatic rings. The molecule has 0 radical (unpaired) electrons. The van der Waals surface area contributed by atoms with Crippen molar-refractivity contribution in [2.24, 2.45) is 0 Å². The summed E-state index contributed by atoms with van der Waals surface area (Å²) in [6.07, 6.45) is 3.17. The van der Waals surface area contributed by atoms with Gasteiger partial charge in [-0.2, -0.15) is 5.10 Å². The van der Waals surface area contributed by atoms with Gasteiger partial charge < -0.3 is 16.2 Å². The lowest BCUT2D eigenvalue weighted by Crippen LogP contribution is -2.13. The van der Waals surface area contributed by atoms with Crippen molar-refractivity contribution in [2.45, 2.75) is 6.92 Å². The van der Waals surface area contributed by atoms with Gasteiger partial charge in [-0.25, -0.2) is 18.6 Å². The number of carbonyl (C=O) groups is 2. The minimum Gasteiger partial charge on any atom is -0.477 e. The van der Waals surface area contributed by atoms with Gasteiger partial charge in [-0.15, -0.1) is 24.8 Å². The summed E-state index contributed by atoms with van der Waals surface area (Å²) in [4.78, 5) is 30.1. The van der Waals surface area contributed by atoms with E-state index in [0.29, 0.717) is 18.0 Å². The fourth-order valence-corrected chi connectivity index (χ4v) is 2.01. The number of nitrogens with two attached hydrogens (primary N) is 1. The van der Waals surface area contributed by atoms with Gasteiger partial charge in [0, 0.05) is 6.07 Å². The van der Waals surface area contributed by atoms with Crippen LogP contribution < -0.4 is 11.1 Å². The van der Waals surface area contributed by atoms with E-state index in [1.165, 1.54) is 6.20 Å². The number of carboxylic acid groups (broad SMARTS) is 1. The number of H-pyrrole nitrogens is 1. The minimum atomic E-state index is -1.26. The van der Waals surface area contributed by atoms with E-state index in [1.807, 2.05) is 6.92 Å². The lowest BCUT2D eigenvalue weighted by molar-refractivity contribution is 0.0690. The number of nitrogens with one attached hydrogen (secondary N) is 2. The molecule has 0 bridgehead atoms. The molecule has 1 aromatic carbocycles. The molecule has 0 spiro atoms. The van der Waals surface area contributed by atoms with Crippen LogP contribution in [0, 0.1) is 18.6 Å². The van der Waals surface area contributed by atoms with E-state index in [0.717, 1.165) is 11.8 Å². The highest BCUT2D eigenvalue weighted by Crippen LogP contribution is 2.21. The fraction of sp³-hybridized carbons (Fsp3) is 0.0625. The standard InChI is InChI=1S/C11H6ClF2N3O3.C5H7N3.2ClH/c12-5-2-7(14)6(13)1-4(5)10(18)15-9-3-8(11(19)20)16-17-9;1-4-2-8-5(6)3-7-4;;/h1-3H,(H,19,20)(H2,15,16,17,18);2-3H,1H3,(H2,6,8);2*1H. The number of anilines is 2.